The fourth-order valence-electron chi connectivity index (χ4n) is 2.77. The van der Waals surface area contributed by atoms with Gasteiger partial charge in [-0.3, -0.25) is 9.59 Å². The maximum Gasteiger partial charge on any atom is 0.416 e. The molecule has 0 radical (unpaired) electrons. The first-order valence-corrected chi connectivity index (χ1v) is 10.2. The number of carbonyl (C=O) groups excluding carboxylic acids is 2. The Balaban J connectivity index is 2.14. The molecule has 0 spiro atoms. The van der Waals surface area contributed by atoms with E-state index < -0.39 is 29.6 Å². The molecule has 0 aliphatic carbocycles. The predicted molar refractivity (Wildman–Crippen MR) is 109 cm³/mol. The number of hydrogen-bond acceptors (Lipinski definition) is 4. The van der Waals surface area contributed by atoms with E-state index in [2.05, 4.69) is 5.32 Å². The Hall–Kier alpha value is -2.52. The van der Waals surface area contributed by atoms with Crippen molar-refractivity contribution in [3.63, 3.8) is 0 Å². The molecule has 0 aliphatic heterocycles. The number of halogens is 3. The lowest BCUT2D eigenvalue weighted by Crippen LogP contribution is -2.49. The van der Waals surface area contributed by atoms with Crippen LogP contribution in [0.4, 0.5) is 13.2 Å². The van der Waals surface area contributed by atoms with Crippen LogP contribution in [0.3, 0.4) is 0 Å². The molecule has 0 bridgehead atoms. The second kappa shape index (κ2) is 11.0. The molecule has 0 aromatic heterocycles. The lowest BCUT2D eigenvalue weighted by molar-refractivity contribution is -0.137. The van der Waals surface area contributed by atoms with Crippen LogP contribution in [0.15, 0.2) is 59.5 Å². The van der Waals surface area contributed by atoms with Crippen molar-refractivity contribution in [2.75, 3.05) is 18.9 Å². The Morgan fingerprint density at radius 2 is 1.83 bits per heavy atom. The number of thioether (sulfide) groups is 1. The summed E-state index contributed by atoms with van der Waals surface area (Å²) in [4.78, 5) is 26.4. The summed E-state index contributed by atoms with van der Waals surface area (Å²) in [6.07, 6.45) is -4.46. The topological polar surface area (TPSA) is 69.6 Å². The highest BCUT2D eigenvalue weighted by Gasteiger charge is 2.31. The lowest BCUT2D eigenvalue weighted by atomic mass is 10.2. The third-order valence-electron chi connectivity index (χ3n) is 4.15. The second-order valence-electron chi connectivity index (χ2n) is 6.56. The van der Waals surface area contributed by atoms with Crippen LogP contribution in [0.1, 0.15) is 18.1 Å². The number of nitrogens with one attached hydrogen (secondary N) is 1. The SMILES string of the molecule is CC(=O)NC(CSc1cccc(C(F)(F)F)c1)C(=O)N(CCO)Cc1ccccc1. The summed E-state index contributed by atoms with van der Waals surface area (Å²) in [5.74, 6) is -0.791. The van der Waals surface area contributed by atoms with E-state index in [1.807, 2.05) is 30.3 Å². The zero-order valence-electron chi connectivity index (χ0n) is 16.4. The van der Waals surface area contributed by atoms with Crippen molar-refractivity contribution in [1.82, 2.24) is 10.2 Å². The highest BCUT2D eigenvalue weighted by molar-refractivity contribution is 7.99. The van der Waals surface area contributed by atoms with Crippen molar-refractivity contribution in [2.45, 2.75) is 30.6 Å². The van der Waals surface area contributed by atoms with Gasteiger partial charge < -0.3 is 15.3 Å². The van der Waals surface area contributed by atoms with Crippen LogP contribution in [0.5, 0.6) is 0 Å². The van der Waals surface area contributed by atoms with Gasteiger partial charge in [0.2, 0.25) is 11.8 Å². The molecule has 0 aliphatic rings. The minimum Gasteiger partial charge on any atom is -0.395 e. The first-order chi connectivity index (χ1) is 14.2. The van der Waals surface area contributed by atoms with E-state index in [1.54, 1.807) is 0 Å². The molecule has 2 amide bonds. The van der Waals surface area contributed by atoms with Gasteiger partial charge in [-0.2, -0.15) is 13.2 Å². The molecule has 0 saturated carbocycles. The van der Waals surface area contributed by atoms with Gasteiger partial charge in [0.15, 0.2) is 0 Å². The third-order valence-corrected chi connectivity index (χ3v) is 5.24. The maximum atomic E-state index is 13.0. The zero-order chi connectivity index (χ0) is 22.1. The fourth-order valence-corrected chi connectivity index (χ4v) is 3.74. The zero-order valence-corrected chi connectivity index (χ0v) is 17.2. The van der Waals surface area contributed by atoms with E-state index in [-0.39, 0.29) is 25.4 Å². The maximum absolute atomic E-state index is 13.0. The van der Waals surface area contributed by atoms with Gasteiger partial charge in [0.1, 0.15) is 6.04 Å². The number of benzene rings is 2. The minimum atomic E-state index is -4.46. The minimum absolute atomic E-state index is 0.0520. The first kappa shape index (κ1) is 23.8. The van der Waals surface area contributed by atoms with Gasteiger partial charge in [-0.1, -0.05) is 36.4 Å². The largest absolute Gasteiger partial charge is 0.416 e. The number of rotatable bonds is 9. The van der Waals surface area contributed by atoms with Crippen molar-refractivity contribution in [3.05, 3.63) is 65.7 Å². The number of aliphatic hydroxyl groups excluding tert-OH is 1. The highest BCUT2D eigenvalue weighted by Crippen LogP contribution is 2.32. The summed E-state index contributed by atoms with van der Waals surface area (Å²) < 4.78 is 38.7. The van der Waals surface area contributed by atoms with E-state index in [9.17, 15) is 27.9 Å². The van der Waals surface area contributed by atoms with Crippen LogP contribution < -0.4 is 5.32 Å². The average Bonchev–Trinajstić information content (AvgIpc) is 2.70. The molecule has 2 N–H and O–H groups in total. The number of hydrogen-bond donors (Lipinski definition) is 2. The van der Waals surface area contributed by atoms with Crippen LogP contribution in [0.25, 0.3) is 0 Å². The molecule has 2 rings (SSSR count). The molecule has 30 heavy (non-hydrogen) atoms. The first-order valence-electron chi connectivity index (χ1n) is 9.21. The number of carbonyl (C=O) groups is 2. The van der Waals surface area contributed by atoms with Gasteiger partial charge in [-0.15, -0.1) is 11.8 Å². The van der Waals surface area contributed by atoms with Crippen molar-refractivity contribution < 1.29 is 27.9 Å². The second-order valence-corrected chi connectivity index (χ2v) is 7.65. The van der Waals surface area contributed by atoms with Crippen molar-refractivity contribution in [3.8, 4) is 0 Å². The monoisotopic (exact) mass is 440 g/mol. The smallest absolute Gasteiger partial charge is 0.395 e. The summed E-state index contributed by atoms with van der Waals surface area (Å²) in [7, 11) is 0. The van der Waals surface area contributed by atoms with E-state index in [4.69, 9.17) is 0 Å². The summed E-state index contributed by atoms with van der Waals surface area (Å²) >= 11 is 1.05. The number of aliphatic hydroxyl groups is 1. The van der Waals surface area contributed by atoms with Crippen molar-refractivity contribution in [1.29, 1.82) is 0 Å². The van der Waals surface area contributed by atoms with Gasteiger partial charge in [-0.25, -0.2) is 0 Å². The molecule has 1 unspecified atom stereocenters. The summed E-state index contributed by atoms with van der Waals surface area (Å²) in [6.45, 7) is 1.32. The molecule has 0 fully saturated rings. The summed E-state index contributed by atoms with van der Waals surface area (Å²) in [6, 6.07) is 13.0. The van der Waals surface area contributed by atoms with Crippen molar-refractivity contribution in [2.24, 2.45) is 0 Å². The molecular weight excluding hydrogens is 417 g/mol. The Morgan fingerprint density at radius 1 is 1.13 bits per heavy atom. The molecule has 2 aromatic rings. The molecule has 2 aromatic carbocycles. The summed E-state index contributed by atoms with van der Waals surface area (Å²) in [5, 5.41) is 11.9. The molecule has 5 nitrogen and oxygen atoms in total. The fraction of sp³-hybridized carbons (Fsp3) is 0.333. The molecule has 9 heteroatoms. The molecule has 0 heterocycles. The van der Waals surface area contributed by atoms with Gasteiger partial charge in [-0.05, 0) is 23.8 Å². The van der Waals surface area contributed by atoms with Gasteiger partial charge in [0.25, 0.3) is 0 Å². The quantitative estimate of drug-likeness (QED) is 0.587. The van der Waals surface area contributed by atoms with E-state index >= 15 is 0 Å². The molecular formula is C21H23F3N2O3S. The van der Waals surface area contributed by atoms with Crippen LogP contribution in [-0.4, -0.2) is 46.8 Å². The molecule has 1 atom stereocenters. The Labute approximate surface area is 177 Å². The van der Waals surface area contributed by atoms with E-state index in [0.717, 1.165) is 29.5 Å². The standard InChI is InChI=1S/C21H23F3N2O3S/c1-15(28)25-19(14-30-18-9-5-8-17(12-18)21(22,23)24)20(29)26(10-11-27)13-16-6-3-2-4-7-16/h2-9,12,19,27H,10-11,13-14H2,1H3,(H,25,28). The number of alkyl halides is 3. The van der Waals surface area contributed by atoms with E-state index in [1.165, 1.54) is 24.0 Å². The Morgan fingerprint density at radius 3 is 2.43 bits per heavy atom. The van der Waals surface area contributed by atoms with Crippen LogP contribution >= 0.6 is 11.8 Å². The van der Waals surface area contributed by atoms with Crippen LogP contribution in [-0.2, 0) is 22.3 Å². The van der Waals surface area contributed by atoms with Gasteiger partial charge in [0, 0.05) is 30.7 Å². The predicted octanol–water partition coefficient (Wildman–Crippen LogP) is 3.32. The van der Waals surface area contributed by atoms with Crippen LogP contribution in [0.2, 0.25) is 0 Å². The Kier molecular flexibility index (Phi) is 8.73. The lowest BCUT2D eigenvalue weighted by Gasteiger charge is -2.27. The Bertz CT molecular complexity index is 847. The normalized spacial score (nSPS) is 12.3. The molecule has 162 valence electrons. The number of amides is 2. The highest BCUT2D eigenvalue weighted by atomic mass is 32.2. The van der Waals surface area contributed by atoms with Crippen LogP contribution in [0, 0.1) is 0 Å². The third kappa shape index (κ3) is 7.38. The average molecular weight is 440 g/mol. The van der Waals surface area contributed by atoms with Gasteiger partial charge >= 0.3 is 6.18 Å². The van der Waals surface area contributed by atoms with E-state index in [0.29, 0.717) is 4.90 Å². The van der Waals surface area contributed by atoms with Crippen molar-refractivity contribution >= 4 is 23.6 Å². The van der Waals surface area contributed by atoms with Gasteiger partial charge in [0.05, 0.1) is 12.2 Å². The molecule has 0 saturated heterocycles. The summed E-state index contributed by atoms with van der Waals surface area (Å²) in [5.41, 5.74) is 0.0762. The number of nitrogens with zero attached hydrogens (tertiary/aromatic N) is 1.